The molecule has 4 nitrogen and oxygen atoms in total. The zero-order valence-electron chi connectivity index (χ0n) is 13.9. The molecule has 0 aliphatic heterocycles. The minimum Gasteiger partial charge on any atom is -0.481 e. The number of aromatic nitrogens is 1. The lowest BCUT2D eigenvalue weighted by Gasteiger charge is -2.36. The maximum Gasteiger partial charge on any atom is 0.306 e. The van der Waals surface area contributed by atoms with Gasteiger partial charge in [0.15, 0.2) is 0 Å². The second-order valence-corrected chi connectivity index (χ2v) is 6.95. The molecule has 0 amide bonds. The largest absolute Gasteiger partial charge is 0.481 e. The van der Waals surface area contributed by atoms with Crippen molar-refractivity contribution in [2.45, 2.75) is 51.6 Å². The van der Waals surface area contributed by atoms with E-state index in [-0.39, 0.29) is 11.9 Å². The van der Waals surface area contributed by atoms with Gasteiger partial charge in [-0.3, -0.25) is 4.79 Å². The van der Waals surface area contributed by atoms with Crippen LogP contribution in [-0.4, -0.2) is 23.7 Å². The van der Waals surface area contributed by atoms with Gasteiger partial charge in [0.2, 0.25) is 5.88 Å². The average Bonchev–Trinajstić information content (AvgIpc) is 2.40. The van der Waals surface area contributed by atoms with Crippen molar-refractivity contribution >= 4 is 5.97 Å². The van der Waals surface area contributed by atoms with Crippen LogP contribution in [0.1, 0.15) is 51.5 Å². The molecule has 1 heterocycles. The van der Waals surface area contributed by atoms with Crippen molar-refractivity contribution in [1.82, 2.24) is 4.98 Å². The molecule has 0 N–H and O–H groups in total. The van der Waals surface area contributed by atoms with Gasteiger partial charge in [-0.25, -0.2) is 4.98 Å². The van der Waals surface area contributed by atoms with Crippen LogP contribution in [-0.2, 0) is 9.53 Å². The van der Waals surface area contributed by atoms with Gasteiger partial charge in [-0.1, -0.05) is 18.2 Å². The van der Waals surface area contributed by atoms with Crippen molar-refractivity contribution in [3.63, 3.8) is 0 Å². The SMILES string of the molecule is C=C1CC(C(CC(=O)OC(C)(C)C)c2ccc(OC)nc2)C1. The van der Waals surface area contributed by atoms with Gasteiger partial charge in [0.1, 0.15) is 5.60 Å². The average molecular weight is 303 g/mol. The van der Waals surface area contributed by atoms with E-state index in [0.717, 1.165) is 18.4 Å². The first-order valence-corrected chi connectivity index (χ1v) is 7.67. The van der Waals surface area contributed by atoms with Gasteiger partial charge in [-0.2, -0.15) is 0 Å². The Labute approximate surface area is 132 Å². The second kappa shape index (κ2) is 6.51. The van der Waals surface area contributed by atoms with Crippen LogP contribution in [0.25, 0.3) is 0 Å². The van der Waals surface area contributed by atoms with E-state index in [4.69, 9.17) is 9.47 Å². The molecule has 1 aliphatic rings. The molecule has 1 aliphatic carbocycles. The lowest BCUT2D eigenvalue weighted by atomic mass is 9.69. The number of carbonyl (C=O) groups excluding carboxylic acids is 1. The molecule has 0 radical (unpaired) electrons. The molecule has 0 bridgehead atoms. The van der Waals surface area contributed by atoms with E-state index >= 15 is 0 Å². The van der Waals surface area contributed by atoms with Gasteiger partial charge >= 0.3 is 5.97 Å². The lowest BCUT2D eigenvalue weighted by Crippen LogP contribution is -2.29. The summed E-state index contributed by atoms with van der Waals surface area (Å²) in [5.41, 5.74) is 1.85. The summed E-state index contributed by atoms with van der Waals surface area (Å²) >= 11 is 0. The summed E-state index contributed by atoms with van der Waals surface area (Å²) < 4.78 is 10.6. The molecule has 1 saturated carbocycles. The zero-order chi connectivity index (χ0) is 16.3. The number of hydrogen-bond acceptors (Lipinski definition) is 4. The van der Waals surface area contributed by atoms with Crippen LogP contribution in [0, 0.1) is 5.92 Å². The molecular formula is C18H25NO3. The molecular weight excluding hydrogens is 278 g/mol. The highest BCUT2D eigenvalue weighted by atomic mass is 16.6. The Morgan fingerprint density at radius 2 is 2.09 bits per heavy atom. The van der Waals surface area contributed by atoms with Crippen molar-refractivity contribution in [3.05, 3.63) is 36.0 Å². The smallest absolute Gasteiger partial charge is 0.306 e. The van der Waals surface area contributed by atoms with Crippen molar-refractivity contribution in [3.8, 4) is 5.88 Å². The molecule has 0 aromatic carbocycles. The number of rotatable bonds is 5. The number of pyridine rings is 1. The number of esters is 1. The van der Waals surface area contributed by atoms with Crippen LogP contribution in [0.2, 0.25) is 0 Å². The monoisotopic (exact) mass is 303 g/mol. The van der Waals surface area contributed by atoms with Crippen LogP contribution in [0.4, 0.5) is 0 Å². The summed E-state index contributed by atoms with van der Waals surface area (Å²) in [5.74, 6) is 0.984. The van der Waals surface area contributed by atoms with Crippen LogP contribution >= 0.6 is 0 Å². The Morgan fingerprint density at radius 3 is 2.55 bits per heavy atom. The van der Waals surface area contributed by atoms with Crippen LogP contribution in [0.5, 0.6) is 5.88 Å². The first-order chi connectivity index (χ1) is 10.3. The topological polar surface area (TPSA) is 48.4 Å². The third-order valence-electron chi connectivity index (χ3n) is 3.87. The second-order valence-electron chi connectivity index (χ2n) is 6.95. The Kier molecular flexibility index (Phi) is 4.89. The van der Waals surface area contributed by atoms with E-state index in [1.807, 2.05) is 32.9 Å². The summed E-state index contributed by atoms with van der Waals surface area (Å²) in [7, 11) is 1.59. The van der Waals surface area contributed by atoms with Crippen molar-refractivity contribution in [2.24, 2.45) is 5.92 Å². The number of allylic oxidation sites excluding steroid dienone is 1. The highest BCUT2D eigenvalue weighted by Crippen LogP contribution is 2.44. The number of carbonyl (C=O) groups is 1. The fourth-order valence-corrected chi connectivity index (χ4v) is 2.82. The van der Waals surface area contributed by atoms with E-state index < -0.39 is 5.60 Å². The normalized spacial score (nSPS) is 16.8. The van der Waals surface area contributed by atoms with Crippen LogP contribution < -0.4 is 4.74 Å². The molecule has 1 aromatic heterocycles. The van der Waals surface area contributed by atoms with Crippen molar-refractivity contribution < 1.29 is 14.3 Å². The van der Waals surface area contributed by atoms with Crippen molar-refractivity contribution in [2.75, 3.05) is 7.11 Å². The van der Waals surface area contributed by atoms with Gasteiger partial charge in [-0.15, -0.1) is 0 Å². The molecule has 1 unspecified atom stereocenters. The number of hydrogen-bond donors (Lipinski definition) is 0. The lowest BCUT2D eigenvalue weighted by molar-refractivity contribution is -0.155. The Bertz CT molecular complexity index is 534. The fraction of sp³-hybridized carbons (Fsp3) is 0.556. The minimum absolute atomic E-state index is 0.124. The molecule has 4 heteroatoms. The number of methoxy groups -OCH3 is 1. The predicted octanol–water partition coefficient (Wildman–Crippen LogP) is 3.87. The zero-order valence-corrected chi connectivity index (χ0v) is 13.9. The quantitative estimate of drug-likeness (QED) is 0.612. The van der Waals surface area contributed by atoms with Gasteiger partial charge < -0.3 is 9.47 Å². The molecule has 0 saturated heterocycles. The van der Waals surface area contributed by atoms with Crippen molar-refractivity contribution in [1.29, 1.82) is 0 Å². The number of ether oxygens (including phenoxy) is 2. The van der Waals surface area contributed by atoms with E-state index in [1.54, 1.807) is 13.3 Å². The Balaban J connectivity index is 2.12. The molecule has 1 atom stereocenters. The molecule has 1 aromatic rings. The molecule has 1 fully saturated rings. The standard InChI is InChI=1S/C18H25NO3/c1-12-8-14(9-12)15(10-17(20)22-18(2,3)4)13-6-7-16(21-5)19-11-13/h6-7,11,14-15H,1,8-10H2,2-5H3. The molecule has 2 rings (SSSR count). The summed E-state index contributed by atoms with van der Waals surface area (Å²) in [6, 6.07) is 3.83. The third kappa shape index (κ3) is 4.33. The number of nitrogens with zero attached hydrogens (tertiary/aromatic N) is 1. The first-order valence-electron chi connectivity index (χ1n) is 7.67. The summed E-state index contributed by atoms with van der Waals surface area (Å²) in [5, 5.41) is 0. The van der Waals surface area contributed by atoms with Crippen LogP contribution in [0.3, 0.4) is 0 Å². The Hall–Kier alpha value is -1.84. The van der Waals surface area contributed by atoms with E-state index in [2.05, 4.69) is 11.6 Å². The van der Waals surface area contributed by atoms with E-state index in [9.17, 15) is 4.79 Å². The van der Waals surface area contributed by atoms with Crippen LogP contribution in [0.15, 0.2) is 30.5 Å². The van der Waals surface area contributed by atoms with Gasteiger partial charge in [0.05, 0.1) is 13.5 Å². The summed E-state index contributed by atoms with van der Waals surface area (Å²) in [4.78, 5) is 16.5. The fourth-order valence-electron chi connectivity index (χ4n) is 2.82. The maximum absolute atomic E-state index is 12.2. The first kappa shape index (κ1) is 16.5. The predicted molar refractivity (Wildman–Crippen MR) is 85.9 cm³/mol. The van der Waals surface area contributed by atoms with Gasteiger partial charge in [0.25, 0.3) is 0 Å². The van der Waals surface area contributed by atoms with Gasteiger partial charge in [-0.05, 0) is 51.0 Å². The summed E-state index contributed by atoms with van der Waals surface area (Å²) in [6.07, 6.45) is 4.12. The summed E-state index contributed by atoms with van der Waals surface area (Å²) in [6.45, 7) is 9.67. The Morgan fingerprint density at radius 1 is 1.41 bits per heavy atom. The van der Waals surface area contributed by atoms with E-state index in [1.165, 1.54) is 5.57 Å². The third-order valence-corrected chi connectivity index (χ3v) is 3.87. The highest BCUT2D eigenvalue weighted by Gasteiger charge is 2.33. The maximum atomic E-state index is 12.2. The van der Waals surface area contributed by atoms with Gasteiger partial charge in [0, 0.05) is 12.3 Å². The molecule has 22 heavy (non-hydrogen) atoms. The van der Waals surface area contributed by atoms with E-state index in [0.29, 0.717) is 18.2 Å². The molecule has 0 spiro atoms. The highest BCUT2D eigenvalue weighted by molar-refractivity contribution is 5.71. The minimum atomic E-state index is -0.455. The molecule has 120 valence electrons.